The zero-order valence-electron chi connectivity index (χ0n) is 18.3. The first-order chi connectivity index (χ1) is 14.8. The molecule has 1 unspecified atom stereocenters. The van der Waals surface area contributed by atoms with Gasteiger partial charge in [0.1, 0.15) is 15.7 Å². The maximum Gasteiger partial charge on any atom is 0.335 e. The van der Waals surface area contributed by atoms with E-state index in [1.165, 1.54) is 39.9 Å². The van der Waals surface area contributed by atoms with Crippen LogP contribution in [0.25, 0.3) is 10.2 Å². The zero-order chi connectivity index (χ0) is 21.8. The SMILES string of the molecule is CC(C)(C)C1CCc2c(sc3nc(C4CC4)nc(SCc4ccc(C(=O)O)cc4)c23)C1. The van der Waals surface area contributed by atoms with Crippen LogP contribution >= 0.6 is 23.1 Å². The highest BCUT2D eigenvalue weighted by molar-refractivity contribution is 7.98. The molecule has 4 nitrogen and oxygen atoms in total. The Balaban J connectivity index is 1.48. The normalized spacial score (nSPS) is 18.9. The summed E-state index contributed by atoms with van der Waals surface area (Å²) in [5.74, 6) is 2.16. The maximum atomic E-state index is 11.1. The Morgan fingerprint density at radius 2 is 1.90 bits per heavy atom. The third-order valence-corrected chi connectivity index (χ3v) is 8.83. The second-order valence-electron chi connectivity index (χ2n) is 9.94. The van der Waals surface area contributed by atoms with Crippen molar-refractivity contribution in [2.75, 3.05) is 0 Å². The molecule has 2 aliphatic carbocycles. The summed E-state index contributed by atoms with van der Waals surface area (Å²) in [4.78, 5) is 23.8. The Morgan fingerprint density at radius 1 is 1.16 bits per heavy atom. The van der Waals surface area contributed by atoms with Crippen LogP contribution < -0.4 is 0 Å². The van der Waals surface area contributed by atoms with E-state index in [0.29, 0.717) is 22.8 Å². The van der Waals surface area contributed by atoms with E-state index in [0.717, 1.165) is 35.0 Å². The van der Waals surface area contributed by atoms with Crippen LogP contribution in [0.15, 0.2) is 29.3 Å². The second-order valence-corrected chi connectivity index (χ2v) is 12.0. The third-order valence-electron chi connectivity index (χ3n) is 6.64. The molecule has 5 rings (SSSR count). The molecule has 0 spiro atoms. The number of aromatic nitrogens is 2. The zero-order valence-corrected chi connectivity index (χ0v) is 19.9. The molecule has 0 saturated heterocycles. The topological polar surface area (TPSA) is 63.1 Å². The molecule has 0 aliphatic heterocycles. The van der Waals surface area contributed by atoms with Crippen LogP contribution in [-0.2, 0) is 18.6 Å². The number of thioether (sulfide) groups is 1. The van der Waals surface area contributed by atoms with Gasteiger partial charge in [0.15, 0.2) is 0 Å². The van der Waals surface area contributed by atoms with Crippen LogP contribution in [0, 0.1) is 11.3 Å². The van der Waals surface area contributed by atoms with Crippen molar-refractivity contribution in [2.45, 2.75) is 69.6 Å². The Hall–Kier alpha value is -1.92. The van der Waals surface area contributed by atoms with Crippen LogP contribution in [0.1, 0.15) is 78.1 Å². The average molecular weight is 453 g/mol. The smallest absolute Gasteiger partial charge is 0.335 e. The second kappa shape index (κ2) is 7.89. The number of hydrogen-bond donors (Lipinski definition) is 1. The van der Waals surface area contributed by atoms with Crippen LogP contribution in [0.5, 0.6) is 0 Å². The van der Waals surface area contributed by atoms with Gasteiger partial charge >= 0.3 is 5.97 Å². The minimum atomic E-state index is -0.885. The van der Waals surface area contributed by atoms with E-state index >= 15 is 0 Å². The lowest BCUT2D eigenvalue weighted by Gasteiger charge is -2.33. The summed E-state index contributed by atoms with van der Waals surface area (Å²) in [5.41, 5.74) is 3.26. The molecular weight excluding hydrogens is 424 g/mol. The monoisotopic (exact) mass is 452 g/mol. The molecule has 0 amide bonds. The van der Waals surface area contributed by atoms with E-state index in [2.05, 4.69) is 20.8 Å². The Kier molecular flexibility index (Phi) is 5.33. The maximum absolute atomic E-state index is 11.1. The largest absolute Gasteiger partial charge is 0.478 e. The molecule has 2 aliphatic rings. The summed E-state index contributed by atoms with van der Waals surface area (Å²) in [7, 11) is 0. The number of aryl methyl sites for hydroxylation is 1. The number of hydrogen-bond acceptors (Lipinski definition) is 5. The molecule has 1 N–H and O–H groups in total. The quantitative estimate of drug-likeness (QED) is 0.344. The van der Waals surface area contributed by atoms with Gasteiger partial charge in [-0.05, 0) is 66.7 Å². The van der Waals surface area contributed by atoms with Gasteiger partial charge in [-0.1, -0.05) is 32.9 Å². The Bertz CT molecular complexity index is 1140. The molecule has 2 aromatic heterocycles. The number of thiophene rings is 1. The number of carboxylic acid groups (broad SMARTS) is 1. The van der Waals surface area contributed by atoms with Crippen molar-refractivity contribution in [3.8, 4) is 0 Å². The molecule has 3 aromatic rings. The van der Waals surface area contributed by atoms with E-state index in [-0.39, 0.29) is 0 Å². The third kappa shape index (κ3) is 4.24. The van der Waals surface area contributed by atoms with Crippen LogP contribution in [-0.4, -0.2) is 21.0 Å². The molecule has 31 heavy (non-hydrogen) atoms. The first-order valence-electron chi connectivity index (χ1n) is 11.1. The fourth-order valence-corrected chi connectivity index (χ4v) is 6.81. The van der Waals surface area contributed by atoms with Crippen molar-refractivity contribution in [3.63, 3.8) is 0 Å². The summed E-state index contributed by atoms with van der Waals surface area (Å²) in [6, 6.07) is 7.19. The van der Waals surface area contributed by atoms with E-state index in [1.807, 2.05) is 23.5 Å². The number of carboxylic acids is 1. The van der Waals surface area contributed by atoms with Crippen molar-refractivity contribution < 1.29 is 9.90 Å². The number of nitrogens with zero attached hydrogens (tertiary/aromatic N) is 2. The number of fused-ring (bicyclic) bond motifs is 3. The minimum Gasteiger partial charge on any atom is -0.478 e. The highest BCUT2D eigenvalue weighted by Gasteiger charge is 2.33. The molecule has 0 bridgehead atoms. The molecule has 0 radical (unpaired) electrons. The lowest BCUT2D eigenvalue weighted by molar-refractivity contribution is 0.0697. The van der Waals surface area contributed by atoms with Crippen molar-refractivity contribution in [3.05, 3.63) is 51.7 Å². The van der Waals surface area contributed by atoms with Gasteiger partial charge in [-0.2, -0.15) is 0 Å². The van der Waals surface area contributed by atoms with Gasteiger partial charge in [-0.3, -0.25) is 0 Å². The van der Waals surface area contributed by atoms with Gasteiger partial charge in [0.25, 0.3) is 0 Å². The van der Waals surface area contributed by atoms with E-state index in [1.54, 1.807) is 23.9 Å². The van der Waals surface area contributed by atoms with Gasteiger partial charge in [-0.25, -0.2) is 14.8 Å². The molecule has 1 fully saturated rings. The van der Waals surface area contributed by atoms with Gasteiger partial charge in [-0.15, -0.1) is 23.1 Å². The lowest BCUT2D eigenvalue weighted by atomic mass is 9.72. The van der Waals surface area contributed by atoms with Gasteiger partial charge in [0.2, 0.25) is 0 Å². The first kappa shape index (κ1) is 21.0. The molecule has 6 heteroatoms. The molecular formula is C25H28N2O2S2. The predicted molar refractivity (Wildman–Crippen MR) is 127 cm³/mol. The molecule has 1 atom stereocenters. The standard InChI is InChI=1S/C25H28N2O2S2/c1-25(2,3)17-10-11-18-19(12-17)31-23-20(18)22(26-21(27-23)15-8-9-15)30-13-14-4-6-16(7-5-14)24(28)29/h4-7,15,17H,8-13H2,1-3H3,(H,28,29). The summed E-state index contributed by atoms with van der Waals surface area (Å²) in [6.07, 6.45) is 5.89. The molecule has 162 valence electrons. The molecule has 1 saturated carbocycles. The van der Waals surface area contributed by atoms with Crippen molar-refractivity contribution >= 4 is 39.3 Å². The summed E-state index contributed by atoms with van der Waals surface area (Å²) < 4.78 is 0. The van der Waals surface area contributed by atoms with Gasteiger partial charge < -0.3 is 5.11 Å². The molecule has 1 aromatic carbocycles. The summed E-state index contributed by atoms with van der Waals surface area (Å²) in [6.45, 7) is 7.08. The van der Waals surface area contributed by atoms with Crippen molar-refractivity contribution in [2.24, 2.45) is 11.3 Å². The minimum absolute atomic E-state index is 0.328. The number of carbonyl (C=O) groups is 1. The van der Waals surface area contributed by atoms with E-state index < -0.39 is 5.97 Å². The van der Waals surface area contributed by atoms with Crippen molar-refractivity contribution in [1.82, 2.24) is 9.97 Å². The Labute approximate surface area is 191 Å². The number of benzene rings is 1. The lowest BCUT2D eigenvalue weighted by Crippen LogP contribution is -2.26. The fourth-order valence-electron chi connectivity index (χ4n) is 4.42. The van der Waals surface area contributed by atoms with E-state index in [9.17, 15) is 4.79 Å². The van der Waals surface area contributed by atoms with Crippen LogP contribution in [0.3, 0.4) is 0 Å². The van der Waals surface area contributed by atoms with Crippen LogP contribution in [0.2, 0.25) is 0 Å². The van der Waals surface area contributed by atoms with Gasteiger partial charge in [0.05, 0.1) is 5.56 Å². The fraction of sp³-hybridized carbons (Fsp3) is 0.480. The summed E-state index contributed by atoms with van der Waals surface area (Å²) in [5, 5.41) is 11.5. The molecule has 2 heterocycles. The van der Waals surface area contributed by atoms with Gasteiger partial charge in [0, 0.05) is 21.9 Å². The Morgan fingerprint density at radius 3 is 2.55 bits per heavy atom. The first-order valence-corrected chi connectivity index (χ1v) is 12.9. The number of aromatic carboxylic acids is 1. The predicted octanol–water partition coefficient (Wildman–Crippen LogP) is 6.71. The number of rotatable bonds is 5. The van der Waals surface area contributed by atoms with Crippen molar-refractivity contribution in [1.29, 1.82) is 0 Å². The highest BCUT2D eigenvalue weighted by Crippen LogP contribution is 2.47. The highest BCUT2D eigenvalue weighted by atomic mass is 32.2. The van der Waals surface area contributed by atoms with Crippen LogP contribution in [0.4, 0.5) is 0 Å². The average Bonchev–Trinajstić information content (AvgIpc) is 3.51. The van der Waals surface area contributed by atoms with E-state index in [4.69, 9.17) is 15.1 Å². The summed E-state index contributed by atoms with van der Waals surface area (Å²) >= 11 is 3.66.